The van der Waals surface area contributed by atoms with E-state index in [-0.39, 0.29) is 42.8 Å². The summed E-state index contributed by atoms with van der Waals surface area (Å²) in [6, 6.07) is 12.7. The molecule has 1 N–H and O–H groups in total. The van der Waals surface area contributed by atoms with Gasteiger partial charge in [0.05, 0.1) is 36.6 Å². The van der Waals surface area contributed by atoms with Crippen molar-refractivity contribution in [2.75, 3.05) is 39.4 Å². The smallest absolute Gasteiger partial charge is 0.275 e. The third-order valence-electron chi connectivity index (χ3n) is 7.05. The molecule has 3 aromatic rings. The predicted molar refractivity (Wildman–Crippen MR) is 145 cm³/mol. The Morgan fingerprint density at radius 2 is 1.95 bits per heavy atom. The van der Waals surface area contributed by atoms with Gasteiger partial charge in [0.2, 0.25) is 5.91 Å². The molecule has 2 atom stereocenters. The zero-order valence-corrected chi connectivity index (χ0v) is 22.9. The van der Waals surface area contributed by atoms with Crippen molar-refractivity contribution in [1.82, 2.24) is 23.9 Å². The average molecular weight is 568 g/mol. The normalized spacial score (nSPS) is 19.7. The van der Waals surface area contributed by atoms with Crippen molar-refractivity contribution in [3.63, 3.8) is 0 Å². The maximum absolute atomic E-state index is 13.3. The molecule has 0 radical (unpaired) electrons. The first kappa shape index (κ1) is 27.5. The number of hydrogen-bond acceptors (Lipinski definition) is 8. The molecule has 2 bridgehead atoms. The number of aryl methyl sites for hydroxylation is 1. The van der Waals surface area contributed by atoms with Gasteiger partial charge < -0.3 is 24.6 Å². The number of amides is 3. The Kier molecular flexibility index (Phi) is 8.54. The van der Waals surface area contributed by atoms with Crippen LogP contribution in [0, 0.1) is 12.7 Å². The van der Waals surface area contributed by atoms with Crippen LogP contribution in [0.25, 0.3) is 0 Å². The minimum Gasteiger partial charge on any atom is -0.494 e. The van der Waals surface area contributed by atoms with Gasteiger partial charge in [-0.05, 0) is 61.7 Å². The number of carbonyl (C=O) groups is 3. The third-order valence-corrected chi connectivity index (χ3v) is 7.67. The molecular weight excluding hydrogens is 537 g/mol. The maximum atomic E-state index is 13.3. The second-order valence-electron chi connectivity index (χ2n) is 9.87. The molecule has 3 heterocycles. The quantitative estimate of drug-likeness (QED) is 0.516. The Labute approximate surface area is 235 Å². The molecule has 0 unspecified atom stereocenters. The highest BCUT2D eigenvalue weighted by Gasteiger charge is 2.39. The molecule has 1 fully saturated rings. The maximum Gasteiger partial charge on any atom is 0.275 e. The molecule has 0 aliphatic carbocycles. The lowest BCUT2D eigenvalue weighted by molar-refractivity contribution is -0.138. The molecule has 2 aliphatic heterocycles. The van der Waals surface area contributed by atoms with Gasteiger partial charge >= 0.3 is 0 Å². The van der Waals surface area contributed by atoms with Gasteiger partial charge in [0.1, 0.15) is 17.3 Å². The summed E-state index contributed by atoms with van der Waals surface area (Å²) < 4.78 is 33.0. The number of likely N-dealkylation sites (tertiary alicyclic amines) is 1. The van der Waals surface area contributed by atoms with E-state index < -0.39 is 5.82 Å². The van der Waals surface area contributed by atoms with E-state index in [9.17, 15) is 18.8 Å². The molecule has 1 aromatic heterocycles. The van der Waals surface area contributed by atoms with Crippen LogP contribution >= 0.6 is 11.7 Å². The van der Waals surface area contributed by atoms with Gasteiger partial charge in [0.25, 0.3) is 11.8 Å². The number of halogens is 1. The van der Waals surface area contributed by atoms with Crippen LogP contribution in [0.15, 0.2) is 48.5 Å². The fourth-order valence-electron chi connectivity index (χ4n) is 4.94. The highest BCUT2D eigenvalue weighted by molar-refractivity contribution is 6.99. The highest BCUT2D eigenvalue weighted by atomic mass is 32.1. The fourth-order valence-corrected chi connectivity index (χ4v) is 5.49. The molecule has 1 saturated heterocycles. The highest BCUT2D eigenvalue weighted by Crippen LogP contribution is 2.31. The second kappa shape index (κ2) is 12.4. The molecule has 2 aliphatic rings. The summed E-state index contributed by atoms with van der Waals surface area (Å²) in [7, 11) is 0. The second-order valence-corrected chi connectivity index (χ2v) is 10.4. The number of nitrogens with one attached hydrogen (secondary N) is 1. The van der Waals surface area contributed by atoms with Gasteiger partial charge in [-0.3, -0.25) is 14.4 Å². The van der Waals surface area contributed by atoms with Gasteiger partial charge in [-0.1, -0.05) is 12.1 Å². The molecule has 0 saturated carbocycles. The Hall–Kier alpha value is -4.06. The Bertz CT molecular complexity index is 1370. The monoisotopic (exact) mass is 567 g/mol. The molecule has 12 heteroatoms. The van der Waals surface area contributed by atoms with Crippen LogP contribution < -0.4 is 14.8 Å². The molecular formula is C28H30FN5O5S. The average Bonchev–Trinajstić information content (AvgIpc) is 3.57. The van der Waals surface area contributed by atoms with Gasteiger partial charge in [0, 0.05) is 25.6 Å². The molecule has 210 valence electrons. The van der Waals surface area contributed by atoms with Gasteiger partial charge in [-0.15, -0.1) is 0 Å². The van der Waals surface area contributed by atoms with E-state index in [2.05, 4.69) is 14.1 Å². The number of rotatable bonds is 4. The first-order chi connectivity index (χ1) is 19.4. The number of aromatic nitrogens is 2. The summed E-state index contributed by atoms with van der Waals surface area (Å²) in [5.74, 6) is -0.420. The van der Waals surface area contributed by atoms with E-state index in [4.69, 9.17) is 9.47 Å². The van der Waals surface area contributed by atoms with Crippen LogP contribution in [0.1, 0.15) is 40.5 Å². The molecule has 0 spiro atoms. The van der Waals surface area contributed by atoms with Crippen molar-refractivity contribution in [3.05, 3.63) is 71.3 Å². The van der Waals surface area contributed by atoms with Crippen molar-refractivity contribution < 1.29 is 28.2 Å². The molecule has 5 rings (SSSR count). The van der Waals surface area contributed by atoms with E-state index in [1.807, 2.05) is 24.3 Å². The number of carbonyl (C=O) groups excluding carboxylic acids is 3. The number of nitrogens with zero attached hydrogens (tertiary/aromatic N) is 4. The van der Waals surface area contributed by atoms with E-state index in [0.717, 1.165) is 17.3 Å². The van der Waals surface area contributed by atoms with E-state index in [1.54, 1.807) is 11.8 Å². The minimum absolute atomic E-state index is 0.154. The number of fused-ring (bicyclic) bond motifs is 4. The van der Waals surface area contributed by atoms with Crippen molar-refractivity contribution in [2.45, 2.75) is 31.7 Å². The number of ether oxygens (including phenoxy) is 2. The lowest BCUT2D eigenvalue weighted by Gasteiger charge is -2.26. The molecule has 3 amide bonds. The number of hydrogen-bond donors (Lipinski definition) is 1. The fraction of sp³-hybridized carbons (Fsp3) is 0.393. The Morgan fingerprint density at radius 3 is 2.73 bits per heavy atom. The van der Waals surface area contributed by atoms with Crippen LogP contribution in [0.4, 0.5) is 4.39 Å². The van der Waals surface area contributed by atoms with E-state index in [1.165, 1.54) is 29.2 Å². The van der Waals surface area contributed by atoms with Crippen LogP contribution in [0.3, 0.4) is 0 Å². The molecule has 10 nitrogen and oxygen atoms in total. The van der Waals surface area contributed by atoms with Gasteiger partial charge in [-0.2, -0.15) is 8.75 Å². The largest absolute Gasteiger partial charge is 0.494 e. The summed E-state index contributed by atoms with van der Waals surface area (Å²) in [6.07, 6.45) is 1.31. The van der Waals surface area contributed by atoms with E-state index >= 15 is 0 Å². The third kappa shape index (κ3) is 6.56. The summed E-state index contributed by atoms with van der Waals surface area (Å²) in [5.41, 5.74) is 1.84. The van der Waals surface area contributed by atoms with Gasteiger partial charge in [-0.25, -0.2) is 4.39 Å². The topological polar surface area (TPSA) is 114 Å². The Morgan fingerprint density at radius 1 is 1.12 bits per heavy atom. The minimum atomic E-state index is -0.401. The molecule has 40 heavy (non-hydrogen) atoms. The van der Waals surface area contributed by atoms with Crippen molar-refractivity contribution >= 4 is 29.4 Å². The Balaban J connectivity index is 1.32. The lowest BCUT2D eigenvalue weighted by Crippen LogP contribution is -2.47. The summed E-state index contributed by atoms with van der Waals surface area (Å²) in [6.45, 7) is 2.79. The SMILES string of the molecule is Cc1nsnc1C(=O)N1C[C@@H]2NC(=O)CN(C(=O)COc3ccc(F)cc3)CCCCOc3cccc(c3)[C@H]2C1. The van der Waals surface area contributed by atoms with Crippen molar-refractivity contribution in [3.8, 4) is 11.5 Å². The summed E-state index contributed by atoms with van der Waals surface area (Å²) >= 11 is 0.992. The van der Waals surface area contributed by atoms with Gasteiger partial charge in [0.15, 0.2) is 12.3 Å². The van der Waals surface area contributed by atoms with Crippen LogP contribution in [0.5, 0.6) is 11.5 Å². The first-order valence-corrected chi connectivity index (χ1v) is 13.9. The van der Waals surface area contributed by atoms with Crippen LogP contribution in [0.2, 0.25) is 0 Å². The van der Waals surface area contributed by atoms with Crippen LogP contribution in [-0.4, -0.2) is 81.7 Å². The number of benzene rings is 2. The van der Waals surface area contributed by atoms with Crippen LogP contribution in [-0.2, 0) is 9.59 Å². The van der Waals surface area contributed by atoms with Crippen molar-refractivity contribution in [2.24, 2.45) is 0 Å². The van der Waals surface area contributed by atoms with Crippen molar-refractivity contribution in [1.29, 1.82) is 0 Å². The molecule has 2 aromatic carbocycles. The lowest BCUT2D eigenvalue weighted by atomic mass is 9.94. The standard InChI is InChI=1S/C28H30FN5O5S/c1-18-27(32-40-31-18)28(37)34-14-23-19-5-4-6-22(13-19)38-12-3-2-11-33(16-25(35)30-24(23)15-34)26(36)17-39-21-9-7-20(29)8-10-21/h4-10,13,23-24H,2-3,11-12,14-17H2,1H3,(H,30,35)/t23-,24+/m1/s1. The summed E-state index contributed by atoms with van der Waals surface area (Å²) in [5, 5.41) is 3.07. The summed E-state index contributed by atoms with van der Waals surface area (Å²) in [4.78, 5) is 42.7. The zero-order chi connectivity index (χ0) is 28.1. The predicted octanol–water partition coefficient (Wildman–Crippen LogP) is 2.79. The zero-order valence-electron chi connectivity index (χ0n) is 22.0. The first-order valence-electron chi connectivity index (χ1n) is 13.1. The van der Waals surface area contributed by atoms with E-state index in [0.29, 0.717) is 62.0 Å².